The van der Waals surface area contributed by atoms with Crippen LogP contribution in [0, 0.1) is 0 Å². The molecule has 2 fully saturated rings. The Balaban J connectivity index is 1.19. The average Bonchev–Trinajstić information content (AvgIpc) is 3.89. The van der Waals surface area contributed by atoms with E-state index in [1.807, 2.05) is 71.6 Å². The number of carbonyl (C=O) groups is 1. The summed E-state index contributed by atoms with van der Waals surface area (Å²) in [7, 11) is -3.72. The van der Waals surface area contributed by atoms with Gasteiger partial charge >= 0.3 is 0 Å². The summed E-state index contributed by atoms with van der Waals surface area (Å²) < 4.78 is 30.5. The largest absolute Gasteiger partial charge is 0.388 e. The number of rotatable bonds is 13. The number of carbonyl (C=O) groups excluding carboxylic acids is 1. The normalized spacial score (nSPS) is 21.9. The fourth-order valence-corrected chi connectivity index (χ4v) is 8.26. The predicted octanol–water partition coefficient (Wildman–Crippen LogP) is 3.80. The maximum Gasteiger partial charge on any atom is 0.234 e. The van der Waals surface area contributed by atoms with Crippen LogP contribution in [-0.4, -0.2) is 88.0 Å². The van der Waals surface area contributed by atoms with E-state index in [-0.39, 0.29) is 30.7 Å². The van der Waals surface area contributed by atoms with E-state index in [1.54, 1.807) is 23.9 Å². The van der Waals surface area contributed by atoms with Crippen LogP contribution in [0.1, 0.15) is 54.8 Å². The molecule has 3 heterocycles. The zero-order chi connectivity index (χ0) is 37.0. The molecule has 2 aliphatic rings. The lowest BCUT2D eigenvalue weighted by atomic mass is 9.91. The van der Waals surface area contributed by atoms with Crippen molar-refractivity contribution in [3.63, 3.8) is 0 Å². The smallest absolute Gasteiger partial charge is 0.234 e. The number of fused-ring (bicyclic) bond motifs is 1. The van der Waals surface area contributed by atoms with E-state index in [2.05, 4.69) is 39.6 Å². The molecular formula is C39H44N8O5S. The minimum absolute atomic E-state index is 0.0165. The van der Waals surface area contributed by atoms with Crippen LogP contribution in [0.15, 0.2) is 103 Å². The fourth-order valence-electron chi connectivity index (χ4n) is 7.19. The van der Waals surface area contributed by atoms with Crippen LogP contribution in [0.25, 0.3) is 17.2 Å². The maximum absolute atomic E-state index is 13.0. The van der Waals surface area contributed by atoms with Crippen LogP contribution in [0.4, 0.5) is 11.8 Å². The zero-order valence-corrected chi connectivity index (χ0v) is 30.2. The van der Waals surface area contributed by atoms with Crippen LogP contribution in [0.3, 0.4) is 0 Å². The molecule has 1 saturated carbocycles. The summed E-state index contributed by atoms with van der Waals surface area (Å²) in [6, 6.07) is 28.0. The number of amides is 1. The third-order valence-electron chi connectivity index (χ3n) is 10.0. The van der Waals surface area contributed by atoms with Gasteiger partial charge in [0.15, 0.2) is 17.0 Å². The second-order valence-corrected chi connectivity index (χ2v) is 15.2. The lowest BCUT2D eigenvalue weighted by molar-refractivity contribution is -0.122. The van der Waals surface area contributed by atoms with Crippen molar-refractivity contribution < 1.29 is 23.4 Å². The lowest BCUT2D eigenvalue weighted by Gasteiger charge is -2.22. The van der Waals surface area contributed by atoms with Gasteiger partial charge in [-0.15, -0.1) is 0 Å². The zero-order valence-electron chi connectivity index (χ0n) is 29.4. The Labute approximate surface area is 308 Å². The van der Waals surface area contributed by atoms with Crippen LogP contribution in [0.2, 0.25) is 0 Å². The lowest BCUT2D eigenvalue weighted by Crippen LogP contribution is -2.42. The molecule has 1 aliphatic heterocycles. The summed E-state index contributed by atoms with van der Waals surface area (Å²) in [4.78, 5) is 28.7. The summed E-state index contributed by atoms with van der Waals surface area (Å²) in [5, 5.41) is 29.7. The highest BCUT2D eigenvalue weighted by Gasteiger charge is 2.44. The highest BCUT2D eigenvalue weighted by molar-refractivity contribution is 7.92. The number of nitrogens with one attached hydrogen (secondary N) is 3. The third-order valence-corrected chi connectivity index (χ3v) is 11.2. The SMILES string of the molecule is CCC(=O)N[C@H]1C[C@@H](n2cnc3c(NCC(c4ccccc4)c4ccccc4)nc(N4CC[C@@H](NS(=O)(=O)/C=C/c5ccccc5)C4)nc32)[C@H](O)[C@@H]1O. The molecule has 5 atom stereocenters. The molecule has 2 aromatic heterocycles. The van der Waals surface area contributed by atoms with Crippen molar-refractivity contribution >= 4 is 44.9 Å². The minimum Gasteiger partial charge on any atom is -0.388 e. The van der Waals surface area contributed by atoms with Crippen LogP contribution in [0.5, 0.6) is 0 Å². The van der Waals surface area contributed by atoms with Crippen molar-refractivity contribution in [1.82, 2.24) is 29.6 Å². The molecule has 0 spiro atoms. The van der Waals surface area contributed by atoms with Crippen molar-refractivity contribution in [3.8, 4) is 0 Å². The Morgan fingerprint density at radius 3 is 2.26 bits per heavy atom. The summed E-state index contributed by atoms with van der Waals surface area (Å²) in [6.45, 7) is 3.06. The van der Waals surface area contributed by atoms with Crippen molar-refractivity contribution in [3.05, 3.63) is 119 Å². The van der Waals surface area contributed by atoms with E-state index in [4.69, 9.17) is 15.0 Å². The van der Waals surface area contributed by atoms with E-state index in [1.165, 1.54) is 5.41 Å². The van der Waals surface area contributed by atoms with Crippen molar-refractivity contribution in [2.24, 2.45) is 0 Å². The Bertz CT molecular complexity index is 2110. The van der Waals surface area contributed by atoms with E-state index in [9.17, 15) is 23.4 Å². The predicted molar refractivity (Wildman–Crippen MR) is 205 cm³/mol. The number of hydrogen-bond acceptors (Lipinski definition) is 10. The van der Waals surface area contributed by atoms with Gasteiger partial charge in [0.25, 0.3) is 0 Å². The molecule has 14 heteroatoms. The Kier molecular flexibility index (Phi) is 10.8. The van der Waals surface area contributed by atoms with E-state index in [0.717, 1.165) is 16.7 Å². The van der Waals surface area contributed by atoms with E-state index in [0.29, 0.717) is 49.0 Å². The molecule has 0 unspecified atom stereocenters. The minimum atomic E-state index is -3.72. The van der Waals surface area contributed by atoms with Gasteiger partial charge in [0, 0.05) is 43.4 Å². The van der Waals surface area contributed by atoms with Crippen LogP contribution >= 0.6 is 0 Å². The number of sulfonamides is 1. The molecule has 1 amide bonds. The van der Waals surface area contributed by atoms with Gasteiger partial charge in [-0.05, 0) is 35.6 Å². The molecule has 13 nitrogen and oxygen atoms in total. The quantitative estimate of drug-likeness (QED) is 0.120. The third kappa shape index (κ3) is 8.25. The van der Waals surface area contributed by atoms with Gasteiger partial charge in [0.1, 0.15) is 12.2 Å². The standard InChI is InChI=1S/C39H44N8O5S/c1-2-33(48)42-31-22-32(36(50)35(31)49)47-25-41-34-37(40-23-30(27-14-8-4-9-15-27)28-16-10-5-11-17-28)43-39(44-38(34)47)46-20-18-29(24-46)45-53(51,52)21-19-26-12-6-3-7-13-26/h3-17,19,21,25,29-32,35-36,45,49-50H,2,18,20,22-24H2,1H3,(H,42,48)(H,40,43,44)/b21-19+/t29-,31+,32-,35-,36+/m1/s1. The molecule has 1 saturated heterocycles. The van der Waals surface area contributed by atoms with Gasteiger partial charge in [-0.3, -0.25) is 4.79 Å². The first-order valence-corrected chi connectivity index (χ1v) is 19.5. The van der Waals surface area contributed by atoms with Crippen molar-refractivity contribution in [1.29, 1.82) is 0 Å². The second-order valence-electron chi connectivity index (χ2n) is 13.6. The molecule has 7 rings (SSSR count). The fraction of sp³-hybridized carbons (Fsp3) is 0.333. The molecule has 1 aliphatic carbocycles. The molecule has 53 heavy (non-hydrogen) atoms. The van der Waals surface area contributed by atoms with Crippen LogP contribution < -0.4 is 20.3 Å². The first kappa shape index (κ1) is 36.2. The highest BCUT2D eigenvalue weighted by atomic mass is 32.2. The first-order chi connectivity index (χ1) is 25.7. The molecule has 5 aromatic rings. The van der Waals surface area contributed by atoms with Gasteiger partial charge in [-0.25, -0.2) is 18.1 Å². The van der Waals surface area contributed by atoms with E-state index >= 15 is 0 Å². The van der Waals surface area contributed by atoms with Gasteiger partial charge < -0.3 is 30.3 Å². The Hall–Kier alpha value is -5.15. The molecule has 276 valence electrons. The average molecular weight is 737 g/mol. The number of aliphatic hydroxyl groups is 2. The second kappa shape index (κ2) is 15.8. The number of benzene rings is 3. The molecule has 3 aromatic carbocycles. The topological polar surface area (TPSA) is 175 Å². The van der Waals surface area contributed by atoms with E-state index < -0.39 is 34.3 Å². The van der Waals surface area contributed by atoms with Crippen molar-refractivity contribution in [2.75, 3.05) is 29.9 Å². The highest BCUT2D eigenvalue weighted by Crippen LogP contribution is 2.35. The Morgan fingerprint density at radius 1 is 0.943 bits per heavy atom. The van der Waals surface area contributed by atoms with Crippen LogP contribution in [-0.2, 0) is 14.8 Å². The number of hydrogen-bond donors (Lipinski definition) is 5. The summed E-state index contributed by atoms with van der Waals surface area (Å²) >= 11 is 0. The Morgan fingerprint density at radius 2 is 1.60 bits per heavy atom. The summed E-state index contributed by atoms with van der Waals surface area (Å²) in [5.41, 5.74) is 3.97. The molecule has 0 bridgehead atoms. The molecule has 5 N–H and O–H groups in total. The maximum atomic E-state index is 13.0. The van der Waals surface area contributed by atoms with Crippen molar-refractivity contribution in [2.45, 2.75) is 62.4 Å². The first-order valence-electron chi connectivity index (χ1n) is 17.9. The number of nitrogens with zero attached hydrogens (tertiary/aromatic N) is 5. The summed E-state index contributed by atoms with van der Waals surface area (Å²) in [6.07, 6.45) is 1.87. The van der Waals surface area contributed by atoms with Gasteiger partial charge in [-0.1, -0.05) is 97.9 Å². The monoisotopic (exact) mass is 736 g/mol. The number of aromatic nitrogens is 4. The number of anilines is 2. The van der Waals surface area contributed by atoms with Gasteiger partial charge in [-0.2, -0.15) is 9.97 Å². The van der Waals surface area contributed by atoms with Gasteiger partial charge in [0.2, 0.25) is 21.9 Å². The number of imidazole rings is 1. The summed E-state index contributed by atoms with van der Waals surface area (Å²) in [5.74, 6) is 0.634. The molecule has 0 radical (unpaired) electrons. The number of aliphatic hydroxyl groups excluding tert-OH is 2. The van der Waals surface area contributed by atoms with Gasteiger partial charge in [0.05, 0.1) is 18.4 Å². The molecular weight excluding hydrogens is 693 g/mol.